The molecular weight excluding hydrogens is 445 g/mol. The molecule has 2 atom stereocenters. The van der Waals surface area contributed by atoms with Gasteiger partial charge >= 0.3 is 12.1 Å². The van der Waals surface area contributed by atoms with Crippen LogP contribution in [-0.4, -0.2) is 78.2 Å². The zero-order valence-corrected chi connectivity index (χ0v) is 18.3. The number of carbonyl (C=O) groups is 2. The third-order valence-corrected chi connectivity index (χ3v) is 6.32. The lowest BCUT2D eigenvalue weighted by Gasteiger charge is -2.45. The van der Waals surface area contributed by atoms with Gasteiger partial charge in [-0.05, 0) is 44.2 Å². The van der Waals surface area contributed by atoms with Crippen molar-refractivity contribution in [1.82, 2.24) is 9.88 Å². The highest BCUT2D eigenvalue weighted by Gasteiger charge is 2.48. The smallest absolute Gasteiger partial charge is 0.490 e. The van der Waals surface area contributed by atoms with Gasteiger partial charge in [-0.15, -0.1) is 0 Å². The Balaban J connectivity index is 0.000000383. The molecule has 3 aliphatic rings. The highest BCUT2D eigenvalue weighted by molar-refractivity contribution is 5.79. The summed E-state index contributed by atoms with van der Waals surface area (Å²) in [5.74, 6) is -1.25. The van der Waals surface area contributed by atoms with Crippen molar-refractivity contribution in [3.05, 3.63) is 24.5 Å². The maximum atomic E-state index is 13.0. The first-order chi connectivity index (χ1) is 15.7. The first-order valence-corrected chi connectivity index (χ1v) is 11.0. The van der Waals surface area contributed by atoms with Crippen LogP contribution in [0.15, 0.2) is 24.5 Å². The molecule has 1 aliphatic carbocycles. The van der Waals surface area contributed by atoms with Crippen LogP contribution in [0, 0.1) is 11.8 Å². The second-order valence-corrected chi connectivity index (χ2v) is 8.45. The van der Waals surface area contributed by atoms with Crippen LogP contribution >= 0.6 is 0 Å². The summed E-state index contributed by atoms with van der Waals surface area (Å²) in [4.78, 5) is 28.0. The number of aliphatic carboxylic acids is 1. The molecule has 0 aromatic carbocycles. The van der Waals surface area contributed by atoms with Gasteiger partial charge in [0, 0.05) is 37.8 Å². The largest absolute Gasteiger partial charge is 0.492 e. The predicted molar refractivity (Wildman–Crippen MR) is 110 cm³/mol. The summed E-state index contributed by atoms with van der Waals surface area (Å²) in [6.07, 6.45) is 3.30. The van der Waals surface area contributed by atoms with E-state index in [9.17, 15) is 18.0 Å². The van der Waals surface area contributed by atoms with Crippen molar-refractivity contribution in [2.24, 2.45) is 11.8 Å². The fourth-order valence-electron chi connectivity index (χ4n) is 4.58. The Hall–Kier alpha value is -2.40. The van der Waals surface area contributed by atoms with Gasteiger partial charge in [-0.25, -0.2) is 4.79 Å². The quantitative estimate of drug-likeness (QED) is 0.717. The molecule has 3 heterocycles. The number of carbonyl (C=O) groups excluding carboxylic acids is 1. The summed E-state index contributed by atoms with van der Waals surface area (Å²) in [6, 6.07) is 3.81. The molecule has 184 valence electrons. The van der Waals surface area contributed by atoms with E-state index in [2.05, 4.69) is 4.98 Å². The molecule has 1 aromatic rings. The lowest BCUT2D eigenvalue weighted by atomic mass is 9.88. The van der Waals surface area contributed by atoms with Crippen molar-refractivity contribution in [3.63, 3.8) is 0 Å². The first-order valence-electron chi connectivity index (χ1n) is 11.0. The fourth-order valence-corrected chi connectivity index (χ4v) is 4.58. The van der Waals surface area contributed by atoms with Crippen LogP contribution in [0.5, 0.6) is 5.75 Å². The van der Waals surface area contributed by atoms with Crippen LogP contribution < -0.4 is 4.74 Å². The molecule has 11 heteroatoms. The number of alkyl halides is 3. The summed E-state index contributed by atoms with van der Waals surface area (Å²) in [6.45, 7) is 4.04. The minimum Gasteiger partial charge on any atom is -0.492 e. The van der Waals surface area contributed by atoms with Crippen molar-refractivity contribution < 1.29 is 42.1 Å². The van der Waals surface area contributed by atoms with Gasteiger partial charge in [0.2, 0.25) is 5.91 Å². The average molecular weight is 474 g/mol. The Morgan fingerprint density at radius 1 is 1.24 bits per heavy atom. The second kappa shape index (κ2) is 11.1. The maximum Gasteiger partial charge on any atom is 0.490 e. The van der Waals surface area contributed by atoms with Crippen LogP contribution in [0.4, 0.5) is 13.2 Å². The number of aromatic nitrogens is 1. The molecule has 0 bridgehead atoms. The summed E-state index contributed by atoms with van der Waals surface area (Å²) in [5, 5.41) is 7.12. The molecule has 33 heavy (non-hydrogen) atoms. The van der Waals surface area contributed by atoms with Gasteiger partial charge in [0.1, 0.15) is 5.75 Å². The highest BCUT2D eigenvalue weighted by Crippen LogP contribution is 2.41. The summed E-state index contributed by atoms with van der Waals surface area (Å²) < 4.78 is 49.4. The summed E-state index contributed by atoms with van der Waals surface area (Å²) in [7, 11) is 0. The topological polar surface area (TPSA) is 98.2 Å². The Kier molecular flexibility index (Phi) is 8.52. The SMILES string of the molecule is O=C(C1CCOCC1)N1CCO[C@]2(CCC[C@H]2COc2cccnc2)C1.O=C(O)C(F)(F)F. The van der Waals surface area contributed by atoms with Gasteiger partial charge in [-0.1, -0.05) is 0 Å². The van der Waals surface area contributed by atoms with E-state index in [1.54, 1.807) is 12.4 Å². The van der Waals surface area contributed by atoms with E-state index in [1.807, 2.05) is 17.0 Å². The Morgan fingerprint density at radius 2 is 1.97 bits per heavy atom. The molecule has 2 aliphatic heterocycles. The minimum atomic E-state index is -5.08. The molecule has 4 rings (SSSR count). The number of pyridine rings is 1. The third-order valence-electron chi connectivity index (χ3n) is 6.32. The van der Waals surface area contributed by atoms with E-state index in [-0.39, 0.29) is 17.4 Å². The summed E-state index contributed by atoms with van der Waals surface area (Å²) in [5.41, 5.74) is -0.249. The first kappa shape index (κ1) is 25.2. The van der Waals surface area contributed by atoms with Crippen LogP contribution in [0.2, 0.25) is 0 Å². The third kappa shape index (κ3) is 6.80. The lowest BCUT2D eigenvalue weighted by Crippen LogP contribution is -2.57. The van der Waals surface area contributed by atoms with E-state index in [4.69, 9.17) is 24.1 Å². The molecule has 0 radical (unpaired) electrons. The van der Waals surface area contributed by atoms with Gasteiger partial charge in [0.25, 0.3) is 0 Å². The van der Waals surface area contributed by atoms with Gasteiger partial charge in [0.15, 0.2) is 0 Å². The number of halogens is 3. The number of carboxylic acid groups (broad SMARTS) is 1. The average Bonchev–Trinajstić information content (AvgIpc) is 3.19. The standard InChI is InChI=1S/C20H28N2O4.C2HF3O2/c23-19(16-5-10-24-11-6-16)22-9-12-26-20(15-22)7-1-3-17(20)14-25-18-4-2-8-21-13-18;3-2(4,5)1(6)7/h2,4,8,13,16-17H,1,3,5-7,9-12,14-15H2;(H,6,7)/t17-,20+;/m0./s1. The van der Waals surface area contributed by atoms with Gasteiger partial charge in [-0.3, -0.25) is 9.78 Å². The summed E-state index contributed by atoms with van der Waals surface area (Å²) >= 11 is 0. The molecule has 1 spiro atoms. The monoisotopic (exact) mass is 474 g/mol. The number of ether oxygens (including phenoxy) is 3. The van der Waals surface area contributed by atoms with Gasteiger partial charge < -0.3 is 24.2 Å². The Bertz CT molecular complexity index is 788. The maximum absolute atomic E-state index is 13.0. The Labute approximate surface area is 190 Å². The van der Waals surface area contributed by atoms with E-state index in [0.717, 1.165) is 37.9 Å². The van der Waals surface area contributed by atoms with Gasteiger partial charge in [0.05, 0.1) is 31.6 Å². The van der Waals surface area contributed by atoms with E-state index in [0.29, 0.717) is 45.4 Å². The molecule has 1 amide bonds. The van der Waals surface area contributed by atoms with Crippen LogP contribution in [0.25, 0.3) is 0 Å². The van der Waals surface area contributed by atoms with Crippen molar-refractivity contribution in [3.8, 4) is 5.75 Å². The van der Waals surface area contributed by atoms with Crippen molar-refractivity contribution in [2.45, 2.75) is 43.9 Å². The predicted octanol–water partition coefficient (Wildman–Crippen LogP) is 2.92. The molecular formula is C22H29F3N2O6. The van der Waals surface area contributed by atoms with E-state index < -0.39 is 12.1 Å². The van der Waals surface area contributed by atoms with E-state index >= 15 is 0 Å². The number of hydrogen-bond acceptors (Lipinski definition) is 6. The Morgan fingerprint density at radius 3 is 2.61 bits per heavy atom. The normalized spacial score (nSPS) is 25.9. The second-order valence-electron chi connectivity index (χ2n) is 8.45. The molecule has 8 nitrogen and oxygen atoms in total. The number of carboxylic acids is 1. The van der Waals surface area contributed by atoms with E-state index in [1.165, 1.54) is 0 Å². The number of amides is 1. The number of rotatable bonds is 4. The van der Waals surface area contributed by atoms with Crippen LogP contribution in [0.3, 0.4) is 0 Å². The zero-order valence-electron chi connectivity index (χ0n) is 18.3. The number of nitrogens with zero attached hydrogens (tertiary/aromatic N) is 2. The molecule has 1 aromatic heterocycles. The molecule has 2 saturated heterocycles. The number of hydrogen-bond donors (Lipinski definition) is 1. The lowest BCUT2D eigenvalue weighted by molar-refractivity contribution is -0.192. The molecule has 3 fully saturated rings. The highest BCUT2D eigenvalue weighted by atomic mass is 19.4. The molecule has 0 unspecified atom stereocenters. The zero-order chi connectivity index (χ0) is 23.9. The molecule has 1 saturated carbocycles. The minimum absolute atomic E-state index is 0.116. The number of morpholine rings is 1. The van der Waals surface area contributed by atoms with Crippen molar-refractivity contribution in [2.75, 3.05) is 39.5 Å². The van der Waals surface area contributed by atoms with Gasteiger partial charge in [-0.2, -0.15) is 13.2 Å². The fraction of sp³-hybridized carbons (Fsp3) is 0.682. The van der Waals surface area contributed by atoms with Crippen LogP contribution in [0.1, 0.15) is 32.1 Å². The van der Waals surface area contributed by atoms with Crippen molar-refractivity contribution >= 4 is 11.9 Å². The van der Waals surface area contributed by atoms with Crippen molar-refractivity contribution in [1.29, 1.82) is 0 Å². The molecule has 1 N–H and O–H groups in total. The van der Waals surface area contributed by atoms with Crippen LogP contribution in [-0.2, 0) is 19.1 Å².